The molecule has 0 unspecified atom stereocenters. The summed E-state index contributed by atoms with van der Waals surface area (Å²) in [5.41, 5.74) is 3.22. The normalized spacial score (nSPS) is 21.3. The van der Waals surface area contributed by atoms with Crippen LogP contribution in [0.2, 0.25) is 0 Å². The lowest BCUT2D eigenvalue weighted by Gasteiger charge is -2.36. The Bertz CT molecular complexity index is 966. The van der Waals surface area contributed by atoms with Crippen molar-refractivity contribution in [2.24, 2.45) is 17.8 Å². The van der Waals surface area contributed by atoms with Crippen LogP contribution in [0.15, 0.2) is 18.2 Å². The molecule has 0 saturated heterocycles. The van der Waals surface area contributed by atoms with Crippen molar-refractivity contribution in [3.8, 4) is 0 Å². The summed E-state index contributed by atoms with van der Waals surface area (Å²) in [7, 11) is 0. The molecule has 0 spiro atoms. The first-order valence-electron chi connectivity index (χ1n) is 13.0. The average Bonchev–Trinajstić information content (AvgIpc) is 3.44. The molecule has 2 fully saturated rings. The summed E-state index contributed by atoms with van der Waals surface area (Å²) in [4.78, 5) is 13.1. The van der Waals surface area contributed by atoms with Crippen LogP contribution in [0.1, 0.15) is 113 Å². The summed E-state index contributed by atoms with van der Waals surface area (Å²) < 4.78 is 2.45. The molecule has 0 aliphatic heterocycles. The van der Waals surface area contributed by atoms with E-state index in [-0.39, 0.29) is 11.8 Å². The third kappa shape index (κ3) is 5.85. The molecule has 2 aliphatic rings. The number of hydrogen-bond donors (Lipinski definition) is 1. The molecule has 0 radical (unpaired) electrons. The zero-order chi connectivity index (χ0) is 23.7. The van der Waals surface area contributed by atoms with Crippen molar-refractivity contribution in [3.63, 3.8) is 0 Å². The van der Waals surface area contributed by atoms with E-state index in [1.807, 2.05) is 6.07 Å². The highest BCUT2D eigenvalue weighted by molar-refractivity contribution is 5.92. The van der Waals surface area contributed by atoms with Gasteiger partial charge in [0.25, 0.3) is 0 Å². The number of carbonyl (C=O) groups is 1. The SMILES string of the molecule is Cc1ccc(NC(=O)C[C@H](CC(C)C)c2nnc([C@H]3C[C@@H](CC(C)C)C3)n2C2CC2)c(C)c1. The summed E-state index contributed by atoms with van der Waals surface area (Å²) in [6.07, 6.45) is 7.63. The van der Waals surface area contributed by atoms with E-state index in [1.54, 1.807) is 0 Å². The molecule has 2 aromatic rings. The maximum absolute atomic E-state index is 13.1. The number of anilines is 1. The third-order valence-electron chi connectivity index (χ3n) is 7.28. The van der Waals surface area contributed by atoms with E-state index in [1.165, 1.54) is 43.5 Å². The second kappa shape index (κ2) is 9.99. The number of nitrogens with one attached hydrogen (secondary N) is 1. The van der Waals surface area contributed by atoms with Gasteiger partial charge in [-0.05, 0) is 81.8 Å². The van der Waals surface area contributed by atoms with Crippen LogP contribution in [0.4, 0.5) is 5.69 Å². The van der Waals surface area contributed by atoms with Gasteiger partial charge in [0.15, 0.2) is 0 Å². The van der Waals surface area contributed by atoms with E-state index in [9.17, 15) is 4.79 Å². The molecule has 1 N–H and O–H groups in total. The van der Waals surface area contributed by atoms with Gasteiger partial charge in [0.05, 0.1) is 0 Å². The molecule has 1 amide bonds. The first-order valence-corrected chi connectivity index (χ1v) is 13.0. The van der Waals surface area contributed by atoms with E-state index < -0.39 is 0 Å². The number of aryl methyl sites for hydroxylation is 2. The lowest BCUT2D eigenvalue weighted by Crippen LogP contribution is -2.26. The molecule has 1 heterocycles. The van der Waals surface area contributed by atoms with Crippen molar-refractivity contribution in [1.82, 2.24) is 14.8 Å². The summed E-state index contributed by atoms with van der Waals surface area (Å²) in [5.74, 6) is 5.04. The van der Waals surface area contributed by atoms with Crippen molar-refractivity contribution in [3.05, 3.63) is 41.0 Å². The summed E-state index contributed by atoms with van der Waals surface area (Å²) >= 11 is 0. The molecule has 1 aromatic heterocycles. The smallest absolute Gasteiger partial charge is 0.225 e. The fourth-order valence-electron chi connectivity index (χ4n) is 5.61. The predicted octanol–water partition coefficient (Wildman–Crippen LogP) is 6.93. The van der Waals surface area contributed by atoms with Gasteiger partial charge in [-0.2, -0.15) is 0 Å². The Morgan fingerprint density at radius 3 is 2.42 bits per heavy atom. The first-order chi connectivity index (χ1) is 15.7. The molecule has 4 rings (SSSR count). The van der Waals surface area contributed by atoms with E-state index >= 15 is 0 Å². The van der Waals surface area contributed by atoms with E-state index in [0.717, 1.165) is 35.3 Å². The van der Waals surface area contributed by atoms with Crippen molar-refractivity contribution in [2.45, 2.75) is 104 Å². The number of carbonyl (C=O) groups excluding carboxylic acids is 1. The van der Waals surface area contributed by atoms with Gasteiger partial charge >= 0.3 is 0 Å². The minimum absolute atomic E-state index is 0.0696. The molecule has 33 heavy (non-hydrogen) atoms. The Morgan fingerprint density at radius 1 is 1.09 bits per heavy atom. The van der Waals surface area contributed by atoms with E-state index in [0.29, 0.717) is 24.3 Å². The molecule has 180 valence electrons. The lowest BCUT2D eigenvalue weighted by molar-refractivity contribution is -0.116. The molecule has 1 atom stereocenters. The van der Waals surface area contributed by atoms with E-state index in [2.05, 4.69) is 63.6 Å². The fourth-order valence-corrected chi connectivity index (χ4v) is 5.61. The molecule has 2 saturated carbocycles. The molecule has 5 nitrogen and oxygen atoms in total. The number of rotatable bonds is 10. The van der Waals surface area contributed by atoms with Gasteiger partial charge in [-0.3, -0.25) is 4.79 Å². The van der Waals surface area contributed by atoms with Gasteiger partial charge in [-0.1, -0.05) is 45.4 Å². The van der Waals surface area contributed by atoms with Gasteiger partial charge in [-0.15, -0.1) is 10.2 Å². The first kappa shape index (κ1) is 24.0. The lowest BCUT2D eigenvalue weighted by atomic mass is 9.71. The molecule has 1 aromatic carbocycles. The number of hydrogen-bond acceptors (Lipinski definition) is 3. The van der Waals surface area contributed by atoms with Gasteiger partial charge in [-0.25, -0.2) is 0 Å². The van der Waals surface area contributed by atoms with Crippen LogP contribution in [-0.4, -0.2) is 20.7 Å². The topological polar surface area (TPSA) is 59.8 Å². The number of aromatic nitrogens is 3. The van der Waals surface area contributed by atoms with Crippen LogP contribution >= 0.6 is 0 Å². The maximum atomic E-state index is 13.1. The standard InChI is InChI=1S/C28H42N4O/c1-17(2)11-21-14-23(15-21)28-31-30-27(32(28)24-8-9-24)22(12-18(3)4)16-26(33)29-25-10-7-19(5)13-20(25)6/h7,10,13,17-18,21-24H,8-9,11-12,14-16H2,1-6H3,(H,29,33)/t21-,22-,23+/m0/s1. The molecule has 0 bridgehead atoms. The number of amides is 1. The Labute approximate surface area is 199 Å². The van der Waals surface area contributed by atoms with E-state index in [4.69, 9.17) is 10.2 Å². The zero-order valence-corrected chi connectivity index (χ0v) is 21.4. The average molecular weight is 451 g/mol. The maximum Gasteiger partial charge on any atom is 0.225 e. The minimum atomic E-state index is 0.0696. The predicted molar refractivity (Wildman–Crippen MR) is 135 cm³/mol. The van der Waals surface area contributed by atoms with Crippen molar-refractivity contribution in [1.29, 1.82) is 0 Å². The second-order valence-electron chi connectivity index (χ2n) is 11.6. The fraction of sp³-hybridized carbons (Fsp3) is 0.679. The van der Waals surface area contributed by atoms with Crippen LogP contribution in [0.5, 0.6) is 0 Å². The summed E-state index contributed by atoms with van der Waals surface area (Å²) in [6, 6.07) is 6.71. The summed E-state index contributed by atoms with van der Waals surface area (Å²) in [6.45, 7) is 13.2. The Balaban J connectivity index is 1.51. The van der Waals surface area contributed by atoms with Crippen LogP contribution in [0.25, 0.3) is 0 Å². The second-order valence-corrected chi connectivity index (χ2v) is 11.6. The van der Waals surface area contributed by atoms with Gasteiger partial charge in [0, 0.05) is 30.0 Å². The van der Waals surface area contributed by atoms with Crippen LogP contribution in [0, 0.1) is 31.6 Å². The highest BCUT2D eigenvalue weighted by Crippen LogP contribution is 2.48. The van der Waals surface area contributed by atoms with Crippen LogP contribution in [0.3, 0.4) is 0 Å². The van der Waals surface area contributed by atoms with Crippen molar-refractivity contribution < 1.29 is 4.79 Å². The van der Waals surface area contributed by atoms with Crippen molar-refractivity contribution >= 4 is 11.6 Å². The Morgan fingerprint density at radius 2 is 1.82 bits per heavy atom. The number of nitrogens with zero attached hydrogens (tertiary/aromatic N) is 3. The van der Waals surface area contributed by atoms with Crippen LogP contribution < -0.4 is 5.32 Å². The zero-order valence-electron chi connectivity index (χ0n) is 21.4. The van der Waals surface area contributed by atoms with Gasteiger partial charge in [0.2, 0.25) is 5.91 Å². The Hall–Kier alpha value is -2.17. The number of benzene rings is 1. The monoisotopic (exact) mass is 450 g/mol. The van der Waals surface area contributed by atoms with Gasteiger partial charge < -0.3 is 9.88 Å². The van der Waals surface area contributed by atoms with Gasteiger partial charge in [0.1, 0.15) is 11.6 Å². The molecular formula is C28H42N4O. The highest BCUT2D eigenvalue weighted by atomic mass is 16.1. The minimum Gasteiger partial charge on any atom is -0.326 e. The Kier molecular flexibility index (Phi) is 7.25. The molecular weight excluding hydrogens is 408 g/mol. The van der Waals surface area contributed by atoms with Crippen LogP contribution in [-0.2, 0) is 4.79 Å². The summed E-state index contributed by atoms with van der Waals surface area (Å²) in [5, 5.41) is 12.6. The third-order valence-corrected chi connectivity index (χ3v) is 7.28. The molecule has 2 aliphatic carbocycles. The quantitative estimate of drug-likeness (QED) is 0.427. The largest absolute Gasteiger partial charge is 0.326 e. The molecule has 5 heteroatoms. The highest BCUT2D eigenvalue weighted by Gasteiger charge is 2.39. The van der Waals surface area contributed by atoms with Crippen molar-refractivity contribution in [2.75, 3.05) is 5.32 Å².